The van der Waals surface area contributed by atoms with Crippen molar-refractivity contribution in [1.29, 1.82) is 0 Å². The predicted molar refractivity (Wildman–Crippen MR) is 73.6 cm³/mol. The normalized spacial score (nSPS) is 18.0. The number of methoxy groups -OCH3 is 1. The highest BCUT2D eigenvalue weighted by Gasteiger charge is 2.17. The summed E-state index contributed by atoms with van der Waals surface area (Å²) in [4.78, 5) is 25.0. The quantitative estimate of drug-likeness (QED) is 0.719. The molecule has 0 radical (unpaired) electrons. The van der Waals surface area contributed by atoms with Gasteiger partial charge in [-0.3, -0.25) is 9.59 Å². The average Bonchev–Trinajstić information content (AvgIpc) is 2.64. The van der Waals surface area contributed by atoms with E-state index in [2.05, 4.69) is 4.74 Å². The molecule has 0 spiro atoms. The van der Waals surface area contributed by atoms with Crippen LogP contribution in [0.1, 0.15) is 39.0 Å². The van der Waals surface area contributed by atoms with Gasteiger partial charge >= 0.3 is 5.97 Å². The van der Waals surface area contributed by atoms with E-state index in [1.807, 2.05) is 11.8 Å². The van der Waals surface area contributed by atoms with Crippen molar-refractivity contribution in [3.05, 3.63) is 0 Å². The zero-order valence-electron chi connectivity index (χ0n) is 11.3. The third-order valence-electron chi connectivity index (χ3n) is 3.13. The molecule has 0 N–H and O–H groups in total. The van der Waals surface area contributed by atoms with Crippen LogP contribution in [0.15, 0.2) is 0 Å². The van der Waals surface area contributed by atoms with Crippen molar-refractivity contribution < 1.29 is 14.3 Å². The van der Waals surface area contributed by atoms with Gasteiger partial charge in [0.1, 0.15) is 0 Å². The van der Waals surface area contributed by atoms with E-state index in [-0.39, 0.29) is 17.1 Å². The molecule has 1 unspecified atom stereocenters. The van der Waals surface area contributed by atoms with E-state index in [1.165, 1.54) is 31.7 Å². The summed E-state index contributed by atoms with van der Waals surface area (Å²) in [6.45, 7) is 3.74. The summed E-state index contributed by atoms with van der Waals surface area (Å²) in [5.41, 5.74) is 0. The Morgan fingerprint density at radius 2 is 1.83 bits per heavy atom. The van der Waals surface area contributed by atoms with Gasteiger partial charge in [0, 0.05) is 18.3 Å². The molecule has 104 valence electrons. The standard InChI is InChI=1S/C13H23NO3S/c1-11(9-13(16)17-2)18-10-12(15)14-7-5-3-4-6-8-14/h11H,3-10H2,1-2H3. The van der Waals surface area contributed by atoms with E-state index in [0.29, 0.717) is 12.2 Å². The first-order chi connectivity index (χ1) is 8.63. The van der Waals surface area contributed by atoms with Crippen LogP contribution in [-0.2, 0) is 14.3 Å². The molecular weight excluding hydrogens is 250 g/mol. The van der Waals surface area contributed by atoms with Gasteiger partial charge in [0.2, 0.25) is 5.91 Å². The van der Waals surface area contributed by atoms with Gasteiger partial charge in [-0.2, -0.15) is 0 Å². The van der Waals surface area contributed by atoms with Crippen LogP contribution in [0.4, 0.5) is 0 Å². The molecule has 1 saturated heterocycles. The average molecular weight is 273 g/mol. The SMILES string of the molecule is COC(=O)CC(C)SCC(=O)N1CCCCCC1. The second kappa shape index (κ2) is 8.40. The molecule has 1 rings (SSSR count). The van der Waals surface area contributed by atoms with Gasteiger partial charge in [0.15, 0.2) is 0 Å². The molecule has 1 aliphatic heterocycles. The minimum Gasteiger partial charge on any atom is -0.469 e. The second-order valence-electron chi connectivity index (χ2n) is 4.70. The molecule has 5 heteroatoms. The molecule has 1 atom stereocenters. The van der Waals surface area contributed by atoms with Crippen molar-refractivity contribution >= 4 is 23.6 Å². The van der Waals surface area contributed by atoms with Crippen LogP contribution >= 0.6 is 11.8 Å². The third-order valence-corrected chi connectivity index (χ3v) is 4.28. The van der Waals surface area contributed by atoms with Crippen LogP contribution in [0.25, 0.3) is 0 Å². The van der Waals surface area contributed by atoms with Crippen LogP contribution < -0.4 is 0 Å². The molecule has 0 aliphatic carbocycles. The number of esters is 1. The number of thioether (sulfide) groups is 1. The van der Waals surface area contributed by atoms with Crippen molar-refractivity contribution in [2.75, 3.05) is 26.0 Å². The van der Waals surface area contributed by atoms with Crippen LogP contribution in [-0.4, -0.2) is 48.0 Å². The van der Waals surface area contributed by atoms with E-state index < -0.39 is 0 Å². The number of likely N-dealkylation sites (tertiary alicyclic amines) is 1. The zero-order chi connectivity index (χ0) is 13.4. The largest absolute Gasteiger partial charge is 0.469 e. The molecule has 1 amide bonds. The summed E-state index contributed by atoms with van der Waals surface area (Å²) in [5, 5.41) is 0.133. The highest BCUT2D eigenvalue weighted by molar-refractivity contribution is 8.00. The topological polar surface area (TPSA) is 46.6 Å². The summed E-state index contributed by atoms with van der Waals surface area (Å²) in [5.74, 6) is 0.467. The molecule has 0 bridgehead atoms. The fourth-order valence-corrected chi connectivity index (χ4v) is 2.87. The Balaban J connectivity index is 2.24. The lowest BCUT2D eigenvalue weighted by molar-refractivity contribution is -0.140. The van der Waals surface area contributed by atoms with Crippen molar-refractivity contribution in [3.8, 4) is 0 Å². The van der Waals surface area contributed by atoms with Gasteiger partial charge in [-0.15, -0.1) is 11.8 Å². The minimum absolute atomic E-state index is 0.133. The van der Waals surface area contributed by atoms with E-state index in [4.69, 9.17) is 0 Å². The van der Waals surface area contributed by atoms with Gasteiger partial charge in [-0.05, 0) is 12.8 Å². The number of amides is 1. The first-order valence-electron chi connectivity index (χ1n) is 6.59. The van der Waals surface area contributed by atoms with Crippen molar-refractivity contribution in [2.24, 2.45) is 0 Å². The van der Waals surface area contributed by atoms with E-state index in [9.17, 15) is 9.59 Å². The molecule has 4 nitrogen and oxygen atoms in total. The summed E-state index contributed by atoms with van der Waals surface area (Å²) >= 11 is 1.54. The summed E-state index contributed by atoms with van der Waals surface area (Å²) < 4.78 is 4.61. The highest BCUT2D eigenvalue weighted by Crippen LogP contribution is 2.17. The summed E-state index contributed by atoms with van der Waals surface area (Å²) in [7, 11) is 1.39. The second-order valence-corrected chi connectivity index (χ2v) is 6.12. The molecule has 1 aliphatic rings. The molecule has 0 aromatic heterocycles. The van der Waals surface area contributed by atoms with Crippen molar-refractivity contribution in [1.82, 2.24) is 4.90 Å². The Morgan fingerprint density at radius 3 is 2.39 bits per heavy atom. The Bertz CT molecular complexity index is 275. The number of carbonyl (C=O) groups is 2. The Morgan fingerprint density at radius 1 is 1.22 bits per heavy atom. The highest BCUT2D eigenvalue weighted by atomic mass is 32.2. The van der Waals surface area contributed by atoms with Crippen LogP contribution in [0.2, 0.25) is 0 Å². The van der Waals surface area contributed by atoms with Gasteiger partial charge < -0.3 is 9.64 Å². The minimum atomic E-state index is -0.211. The molecule has 1 heterocycles. The van der Waals surface area contributed by atoms with Gasteiger partial charge in [0.05, 0.1) is 19.3 Å². The lowest BCUT2D eigenvalue weighted by Gasteiger charge is -2.20. The lowest BCUT2D eigenvalue weighted by Crippen LogP contribution is -2.33. The van der Waals surface area contributed by atoms with E-state index in [0.717, 1.165) is 25.9 Å². The predicted octanol–water partition coefficient (Wildman–Crippen LogP) is 2.07. The maximum absolute atomic E-state index is 12.0. The Hall–Kier alpha value is -0.710. The van der Waals surface area contributed by atoms with Crippen LogP contribution in [0, 0.1) is 0 Å². The smallest absolute Gasteiger partial charge is 0.306 e. The molecule has 0 aromatic carbocycles. The monoisotopic (exact) mass is 273 g/mol. The number of carbonyl (C=O) groups excluding carboxylic acids is 2. The Kier molecular flexibility index (Phi) is 7.16. The van der Waals surface area contributed by atoms with Crippen LogP contribution in [0.5, 0.6) is 0 Å². The van der Waals surface area contributed by atoms with Gasteiger partial charge in [0.25, 0.3) is 0 Å². The maximum atomic E-state index is 12.0. The molecule has 0 aromatic rings. The number of ether oxygens (including phenoxy) is 1. The van der Waals surface area contributed by atoms with E-state index in [1.54, 1.807) is 0 Å². The fraction of sp³-hybridized carbons (Fsp3) is 0.846. The first kappa shape index (κ1) is 15.3. The molecule has 1 fully saturated rings. The summed E-state index contributed by atoms with van der Waals surface area (Å²) in [6, 6.07) is 0. The zero-order valence-corrected chi connectivity index (χ0v) is 12.1. The number of nitrogens with zero attached hydrogens (tertiary/aromatic N) is 1. The number of hydrogen-bond donors (Lipinski definition) is 0. The molecular formula is C13H23NO3S. The van der Waals surface area contributed by atoms with Crippen molar-refractivity contribution in [2.45, 2.75) is 44.3 Å². The lowest BCUT2D eigenvalue weighted by atomic mass is 10.2. The summed E-state index contributed by atoms with van der Waals surface area (Å²) in [6.07, 6.45) is 5.07. The van der Waals surface area contributed by atoms with Gasteiger partial charge in [-0.1, -0.05) is 19.8 Å². The third kappa shape index (κ3) is 5.76. The number of hydrogen-bond acceptors (Lipinski definition) is 4. The first-order valence-corrected chi connectivity index (χ1v) is 7.64. The number of rotatable bonds is 5. The fourth-order valence-electron chi connectivity index (χ4n) is 2.00. The van der Waals surface area contributed by atoms with Crippen molar-refractivity contribution in [3.63, 3.8) is 0 Å². The molecule has 18 heavy (non-hydrogen) atoms. The maximum Gasteiger partial charge on any atom is 0.306 e. The van der Waals surface area contributed by atoms with Crippen LogP contribution in [0.3, 0.4) is 0 Å². The Labute approximate surface area is 113 Å². The van der Waals surface area contributed by atoms with Gasteiger partial charge in [-0.25, -0.2) is 0 Å². The molecule has 0 saturated carbocycles. The van der Waals surface area contributed by atoms with E-state index >= 15 is 0 Å².